The maximum Gasteiger partial charge on any atom is 0.192 e. The Morgan fingerprint density at radius 1 is 1.15 bits per heavy atom. The Morgan fingerprint density at radius 3 is 2.10 bits per heavy atom. The van der Waals surface area contributed by atoms with Crippen LogP contribution in [0, 0.1) is 11.5 Å². The third-order valence-corrected chi connectivity index (χ3v) is 9.20. The van der Waals surface area contributed by atoms with Crippen LogP contribution in [0.1, 0.15) is 40.0 Å². The first-order valence-electron chi connectivity index (χ1n) is 7.69. The van der Waals surface area contributed by atoms with Crippen molar-refractivity contribution < 1.29 is 4.43 Å². The standard InChI is InChI=1S/C17H34OSi2/c1-10-16(18-20(8,9)17(2,3)4)14-12-11-13-15-19(5,6)7/h10,16H,1,11-12,14H2,2-9H3. The Bertz CT molecular complexity index is 361. The van der Waals surface area contributed by atoms with Crippen molar-refractivity contribution >= 4 is 16.4 Å². The highest BCUT2D eigenvalue weighted by Gasteiger charge is 2.38. The second kappa shape index (κ2) is 7.63. The molecular formula is C17H34OSi2. The van der Waals surface area contributed by atoms with E-state index in [1.54, 1.807) is 0 Å². The molecule has 0 rings (SSSR count). The van der Waals surface area contributed by atoms with Crippen LogP contribution in [-0.2, 0) is 4.43 Å². The second-order valence-electron chi connectivity index (χ2n) is 8.10. The van der Waals surface area contributed by atoms with Crippen LogP contribution in [0.5, 0.6) is 0 Å². The Kier molecular flexibility index (Phi) is 7.51. The molecule has 0 aromatic carbocycles. The highest BCUT2D eigenvalue weighted by atomic mass is 28.4. The van der Waals surface area contributed by atoms with Crippen LogP contribution in [0.25, 0.3) is 0 Å². The van der Waals surface area contributed by atoms with Gasteiger partial charge in [0.15, 0.2) is 8.32 Å². The van der Waals surface area contributed by atoms with Crippen molar-refractivity contribution in [1.82, 2.24) is 0 Å². The summed E-state index contributed by atoms with van der Waals surface area (Å²) in [6.07, 6.45) is 5.27. The lowest BCUT2D eigenvalue weighted by Crippen LogP contribution is -2.43. The second-order valence-corrected chi connectivity index (χ2v) is 17.6. The number of rotatable bonds is 6. The Balaban J connectivity index is 4.31. The Morgan fingerprint density at radius 2 is 1.70 bits per heavy atom. The van der Waals surface area contributed by atoms with E-state index in [1.165, 1.54) is 0 Å². The molecule has 1 nitrogen and oxygen atoms in total. The van der Waals surface area contributed by atoms with Crippen molar-refractivity contribution in [2.45, 2.75) is 83.9 Å². The van der Waals surface area contributed by atoms with E-state index in [0.29, 0.717) is 0 Å². The van der Waals surface area contributed by atoms with Gasteiger partial charge in [0.2, 0.25) is 0 Å². The molecule has 0 radical (unpaired) electrons. The summed E-state index contributed by atoms with van der Waals surface area (Å²) < 4.78 is 6.38. The predicted octanol–water partition coefficient (Wildman–Crippen LogP) is 5.61. The lowest BCUT2D eigenvalue weighted by atomic mass is 10.1. The van der Waals surface area contributed by atoms with Gasteiger partial charge in [0, 0.05) is 6.42 Å². The van der Waals surface area contributed by atoms with Gasteiger partial charge in [0.05, 0.1) is 6.10 Å². The monoisotopic (exact) mass is 310 g/mol. The maximum absolute atomic E-state index is 6.38. The highest BCUT2D eigenvalue weighted by molar-refractivity contribution is 6.83. The minimum atomic E-state index is -1.69. The minimum Gasteiger partial charge on any atom is -0.411 e. The molecule has 0 fully saturated rings. The van der Waals surface area contributed by atoms with Crippen molar-refractivity contribution in [3.05, 3.63) is 12.7 Å². The fourth-order valence-corrected chi connectivity index (χ4v) is 3.48. The Hall–Kier alpha value is -0.306. The topological polar surface area (TPSA) is 9.23 Å². The number of hydrogen-bond donors (Lipinski definition) is 0. The summed E-state index contributed by atoms with van der Waals surface area (Å²) in [5.74, 6) is 3.33. The molecular weight excluding hydrogens is 276 g/mol. The molecule has 116 valence electrons. The van der Waals surface area contributed by atoms with Gasteiger partial charge >= 0.3 is 0 Å². The van der Waals surface area contributed by atoms with Gasteiger partial charge in [0.25, 0.3) is 0 Å². The number of hydrogen-bond acceptors (Lipinski definition) is 1. The molecule has 0 bridgehead atoms. The summed E-state index contributed by atoms with van der Waals surface area (Å²) >= 11 is 0. The van der Waals surface area contributed by atoms with Crippen molar-refractivity contribution in [1.29, 1.82) is 0 Å². The molecule has 1 atom stereocenters. The van der Waals surface area contributed by atoms with Crippen molar-refractivity contribution in [3.8, 4) is 11.5 Å². The summed E-state index contributed by atoms with van der Waals surface area (Å²) in [6.45, 7) is 22.2. The molecule has 3 heteroatoms. The van der Waals surface area contributed by atoms with E-state index in [2.05, 4.69) is 71.5 Å². The lowest BCUT2D eigenvalue weighted by Gasteiger charge is -2.38. The van der Waals surface area contributed by atoms with Crippen LogP contribution in [0.3, 0.4) is 0 Å². The maximum atomic E-state index is 6.38. The van der Waals surface area contributed by atoms with Crippen LogP contribution in [-0.4, -0.2) is 22.5 Å². The van der Waals surface area contributed by atoms with Gasteiger partial charge in [-0.05, 0) is 31.0 Å². The molecule has 0 aliphatic carbocycles. The van der Waals surface area contributed by atoms with Crippen molar-refractivity contribution in [2.75, 3.05) is 0 Å². The zero-order valence-corrected chi connectivity index (χ0v) is 16.9. The average Bonchev–Trinajstić information content (AvgIpc) is 2.23. The van der Waals surface area contributed by atoms with Gasteiger partial charge in [-0.15, -0.1) is 18.0 Å². The van der Waals surface area contributed by atoms with E-state index in [-0.39, 0.29) is 11.1 Å². The quantitative estimate of drug-likeness (QED) is 0.268. The first kappa shape index (κ1) is 19.7. The minimum absolute atomic E-state index is 0.185. The molecule has 0 saturated heterocycles. The molecule has 0 spiro atoms. The highest BCUT2D eigenvalue weighted by Crippen LogP contribution is 2.37. The first-order valence-corrected chi connectivity index (χ1v) is 14.1. The van der Waals surface area contributed by atoms with Gasteiger partial charge in [0.1, 0.15) is 8.07 Å². The van der Waals surface area contributed by atoms with Crippen LogP contribution < -0.4 is 0 Å². The normalized spacial score (nSPS) is 14.4. The fraction of sp³-hybridized carbons (Fsp3) is 0.765. The molecule has 0 aromatic heterocycles. The van der Waals surface area contributed by atoms with E-state index < -0.39 is 16.4 Å². The fourth-order valence-electron chi connectivity index (χ4n) is 1.50. The molecule has 0 aliphatic rings. The molecule has 1 unspecified atom stereocenters. The van der Waals surface area contributed by atoms with E-state index in [9.17, 15) is 0 Å². The van der Waals surface area contributed by atoms with E-state index in [4.69, 9.17) is 4.43 Å². The third-order valence-electron chi connectivity index (χ3n) is 3.77. The van der Waals surface area contributed by atoms with Gasteiger partial charge in [-0.3, -0.25) is 0 Å². The SMILES string of the molecule is C=CC(CCCC#C[Si](C)(C)C)O[Si](C)(C)C(C)(C)C. The van der Waals surface area contributed by atoms with Gasteiger partial charge in [-0.1, -0.05) is 46.5 Å². The van der Waals surface area contributed by atoms with Crippen LogP contribution in [0.4, 0.5) is 0 Å². The summed E-state index contributed by atoms with van der Waals surface area (Å²) in [7, 11) is -2.90. The van der Waals surface area contributed by atoms with E-state index >= 15 is 0 Å². The molecule has 0 amide bonds. The predicted molar refractivity (Wildman–Crippen MR) is 97.2 cm³/mol. The van der Waals surface area contributed by atoms with Gasteiger partial charge in [-0.2, -0.15) is 0 Å². The average molecular weight is 311 g/mol. The largest absolute Gasteiger partial charge is 0.411 e. The molecule has 0 N–H and O–H groups in total. The van der Waals surface area contributed by atoms with Crippen molar-refractivity contribution in [3.63, 3.8) is 0 Å². The van der Waals surface area contributed by atoms with Crippen molar-refractivity contribution in [2.24, 2.45) is 0 Å². The lowest BCUT2D eigenvalue weighted by molar-refractivity contribution is 0.213. The van der Waals surface area contributed by atoms with Crippen LogP contribution in [0.2, 0.25) is 37.8 Å². The van der Waals surface area contributed by atoms with Crippen LogP contribution >= 0.6 is 0 Å². The zero-order valence-electron chi connectivity index (χ0n) is 14.9. The first-order chi connectivity index (χ1) is 8.89. The van der Waals surface area contributed by atoms with E-state index in [0.717, 1.165) is 19.3 Å². The summed E-state index contributed by atoms with van der Waals surface area (Å²) in [5.41, 5.74) is 3.42. The third kappa shape index (κ3) is 8.09. The van der Waals surface area contributed by atoms with Gasteiger partial charge < -0.3 is 4.43 Å². The molecule has 0 aromatic rings. The summed E-state index contributed by atoms with van der Waals surface area (Å²) in [6, 6.07) is 0. The zero-order chi connectivity index (χ0) is 16.0. The van der Waals surface area contributed by atoms with E-state index in [1.807, 2.05) is 6.08 Å². The van der Waals surface area contributed by atoms with Crippen LogP contribution in [0.15, 0.2) is 12.7 Å². The van der Waals surface area contributed by atoms with Gasteiger partial charge in [-0.25, -0.2) is 0 Å². The molecule has 0 saturated carbocycles. The summed E-state index contributed by atoms with van der Waals surface area (Å²) in [4.78, 5) is 0. The number of unbranched alkanes of at least 4 members (excludes halogenated alkanes) is 1. The molecule has 20 heavy (non-hydrogen) atoms. The summed E-state index contributed by atoms with van der Waals surface area (Å²) in [5, 5.41) is 0.256. The Labute approximate surface area is 129 Å². The molecule has 0 heterocycles. The smallest absolute Gasteiger partial charge is 0.192 e. The molecule has 0 aliphatic heterocycles.